The van der Waals surface area contributed by atoms with E-state index in [1.165, 1.54) is 0 Å². The number of nitrogens with zero attached hydrogens (tertiary/aromatic N) is 1. The van der Waals surface area contributed by atoms with Crippen molar-refractivity contribution >= 4 is 11.8 Å². The fourth-order valence-corrected chi connectivity index (χ4v) is 2.26. The number of methoxy groups -OCH3 is 1. The van der Waals surface area contributed by atoms with Crippen LogP contribution in [-0.4, -0.2) is 49.5 Å². The summed E-state index contributed by atoms with van der Waals surface area (Å²) in [6.07, 6.45) is 0. The van der Waals surface area contributed by atoms with Crippen molar-refractivity contribution in [3.05, 3.63) is 29.8 Å². The van der Waals surface area contributed by atoms with Gasteiger partial charge in [-0.15, -0.1) is 0 Å². The minimum atomic E-state index is -0.346. The van der Waals surface area contributed by atoms with Crippen molar-refractivity contribution < 1.29 is 14.3 Å². The third-order valence-corrected chi connectivity index (χ3v) is 3.54. The van der Waals surface area contributed by atoms with E-state index in [9.17, 15) is 9.59 Å². The van der Waals surface area contributed by atoms with Crippen LogP contribution in [-0.2, 0) is 16.1 Å². The molecule has 1 aliphatic heterocycles. The first-order valence-corrected chi connectivity index (χ1v) is 7.05. The molecule has 6 heteroatoms. The molecular weight excluding hydrogens is 270 g/mol. The van der Waals surface area contributed by atoms with Gasteiger partial charge in [0.25, 0.3) is 0 Å². The number of likely N-dealkylation sites (N-methyl/N-ethyl adjacent to an activating group) is 1. The zero-order valence-electron chi connectivity index (χ0n) is 12.4. The summed E-state index contributed by atoms with van der Waals surface area (Å²) in [7, 11) is 1.62. The van der Waals surface area contributed by atoms with E-state index in [-0.39, 0.29) is 24.4 Å². The SMILES string of the molecule is CCN(Cc1ccc(OC)cc1)C(=O)C1CNC(=O)CN1. The Morgan fingerprint density at radius 2 is 2.10 bits per heavy atom. The average Bonchev–Trinajstić information content (AvgIpc) is 2.53. The van der Waals surface area contributed by atoms with Crippen LogP contribution in [0.5, 0.6) is 5.75 Å². The highest BCUT2D eigenvalue weighted by molar-refractivity contribution is 5.86. The predicted octanol–water partition coefficient (Wildman–Crippen LogP) is 0.132. The Kier molecular flexibility index (Phi) is 5.16. The van der Waals surface area contributed by atoms with Gasteiger partial charge in [-0.2, -0.15) is 0 Å². The van der Waals surface area contributed by atoms with Gasteiger partial charge in [0.1, 0.15) is 11.8 Å². The third-order valence-electron chi connectivity index (χ3n) is 3.54. The van der Waals surface area contributed by atoms with E-state index in [0.29, 0.717) is 19.6 Å². The van der Waals surface area contributed by atoms with Gasteiger partial charge >= 0.3 is 0 Å². The third kappa shape index (κ3) is 3.95. The van der Waals surface area contributed by atoms with E-state index in [0.717, 1.165) is 11.3 Å². The van der Waals surface area contributed by atoms with Gasteiger partial charge in [0.05, 0.1) is 13.7 Å². The van der Waals surface area contributed by atoms with Crippen LogP contribution in [0.4, 0.5) is 0 Å². The number of nitrogens with one attached hydrogen (secondary N) is 2. The molecule has 1 saturated heterocycles. The van der Waals surface area contributed by atoms with Gasteiger partial charge in [-0.3, -0.25) is 14.9 Å². The molecule has 0 bridgehead atoms. The van der Waals surface area contributed by atoms with Crippen LogP contribution in [0.15, 0.2) is 24.3 Å². The fraction of sp³-hybridized carbons (Fsp3) is 0.467. The molecule has 2 amide bonds. The topological polar surface area (TPSA) is 70.7 Å². The second-order valence-electron chi connectivity index (χ2n) is 4.94. The molecular formula is C15H21N3O3. The number of amides is 2. The normalized spacial score (nSPS) is 18.0. The zero-order valence-corrected chi connectivity index (χ0v) is 12.4. The maximum Gasteiger partial charge on any atom is 0.241 e. The smallest absolute Gasteiger partial charge is 0.241 e. The maximum absolute atomic E-state index is 12.5. The molecule has 1 aliphatic rings. The molecule has 1 unspecified atom stereocenters. The van der Waals surface area contributed by atoms with E-state index in [1.807, 2.05) is 31.2 Å². The minimum Gasteiger partial charge on any atom is -0.497 e. The Morgan fingerprint density at radius 1 is 1.38 bits per heavy atom. The highest BCUT2D eigenvalue weighted by Gasteiger charge is 2.27. The van der Waals surface area contributed by atoms with Gasteiger partial charge in [0.2, 0.25) is 11.8 Å². The molecule has 6 nitrogen and oxygen atoms in total. The summed E-state index contributed by atoms with van der Waals surface area (Å²) in [6.45, 7) is 3.65. The van der Waals surface area contributed by atoms with Crippen molar-refractivity contribution in [3.63, 3.8) is 0 Å². The molecule has 0 aliphatic carbocycles. The van der Waals surface area contributed by atoms with E-state index in [2.05, 4.69) is 10.6 Å². The number of carbonyl (C=O) groups is 2. The Morgan fingerprint density at radius 3 is 2.62 bits per heavy atom. The number of carbonyl (C=O) groups excluding carboxylic acids is 2. The highest BCUT2D eigenvalue weighted by Crippen LogP contribution is 2.13. The van der Waals surface area contributed by atoms with Crippen LogP contribution in [0.25, 0.3) is 0 Å². The van der Waals surface area contributed by atoms with Crippen LogP contribution in [0.2, 0.25) is 0 Å². The second-order valence-corrected chi connectivity index (χ2v) is 4.94. The molecule has 1 heterocycles. The molecule has 0 saturated carbocycles. The summed E-state index contributed by atoms with van der Waals surface area (Å²) in [6, 6.07) is 7.32. The van der Waals surface area contributed by atoms with Gasteiger partial charge in [0, 0.05) is 19.6 Å². The molecule has 0 radical (unpaired) electrons. The molecule has 1 aromatic rings. The second kappa shape index (κ2) is 7.08. The molecule has 1 aromatic carbocycles. The lowest BCUT2D eigenvalue weighted by Crippen LogP contribution is -2.58. The van der Waals surface area contributed by atoms with Crippen molar-refractivity contribution in [2.45, 2.75) is 19.5 Å². The molecule has 2 rings (SSSR count). The first-order valence-electron chi connectivity index (χ1n) is 7.05. The standard InChI is InChI=1S/C15H21N3O3/c1-3-18(10-11-4-6-12(21-2)7-5-11)15(20)13-8-17-14(19)9-16-13/h4-7,13,16H,3,8-10H2,1-2H3,(H,17,19). The van der Waals surface area contributed by atoms with Crippen molar-refractivity contribution in [2.75, 3.05) is 26.7 Å². The van der Waals surface area contributed by atoms with Gasteiger partial charge in [-0.1, -0.05) is 12.1 Å². The van der Waals surface area contributed by atoms with Crippen LogP contribution < -0.4 is 15.4 Å². The Hall–Kier alpha value is -2.08. The Labute approximate surface area is 124 Å². The van der Waals surface area contributed by atoms with Crippen LogP contribution in [0.3, 0.4) is 0 Å². The van der Waals surface area contributed by atoms with Crippen LogP contribution in [0, 0.1) is 0 Å². The van der Waals surface area contributed by atoms with Gasteiger partial charge in [-0.25, -0.2) is 0 Å². The largest absolute Gasteiger partial charge is 0.497 e. The van der Waals surface area contributed by atoms with Crippen molar-refractivity contribution in [1.29, 1.82) is 0 Å². The minimum absolute atomic E-state index is 0.00770. The summed E-state index contributed by atoms with van der Waals surface area (Å²) in [5, 5.41) is 5.67. The van der Waals surface area contributed by atoms with E-state index in [4.69, 9.17) is 4.74 Å². The molecule has 0 spiro atoms. The zero-order chi connectivity index (χ0) is 15.2. The lowest BCUT2D eigenvalue weighted by molar-refractivity contribution is -0.135. The molecule has 1 atom stereocenters. The monoisotopic (exact) mass is 291 g/mol. The molecule has 1 fully saturated rings. The quantitative estimate of drug-likeness (QED) is 0.809. The van der Waals surface area contributed by atoms with Crippen molar-refractivity contribution in [1.82, 2.24) is 15.5 Å². The molecule has 0 aromatic heterocycles. The highest BCUT2D eigenvalue weighted by atomic mass is 16.5. The Balaban J connectivity index is 1.97. The lowest BCUT2D eigenvalue weighted by Gasteiger charge is -2.29. The maximum atomic E-state index is 12.5. The summed E-state index contributed by atoms with van der Waals surface area (Å²) >= 11 is 0. The van der Waals surface area contributed by atoms with E-state index >= 15 is 0 Å². The van der Waals surface area contributed by atoms with Crippen molar-refractivity contribution in [2.24, 2.45) is 0 Å². The number of hydrogen-bond acceptors (Lipinski definition) is 4. The van der Waals surface area contributed by atoms with E-state index in [1.54, 1.807) is 12.0 Å². The predicted molar refractivity (Wildman–Crippen MR) is 78.9 cm³/mol. The fourth-order valence-electron chi connectivity index (χ4n) is 2.26. The molecule has 21 heavy (non-hydrogen) atoms. The van der Waals surface area contributed by atoms with Crippen LogP contribution in [0.1, 0.15) is 12.5 Å². The Bertz CT molecular complexity index is 491. The first kappa shape index (κ1) is 15.3. The number of ether oxygens (including phenoxy) is 1. The molecule has 114 valence electrons. The van der Waals surface area contributed by atoms with Crippen LogP contribution >= 0.6 is 0 Å². The first-order chi connectivity index (χ1) is 10.1. The van der Waals surface area contributed by atoms with Gasteiger partial charge in [-0.05, 0) is 24.6 Å². The summed E-state index contributed by atoms with van der Waals surface area (Å²) in [5.74, 6) is 0.732. The van der Waals surface area contributed by atoms with E-state index < -0.39 is 0 Å². The summed E-state index contributed by atoms with van der Waals surface area (Å²) in [5.41, 5.74) is 1.05. The number of hydrogen-bond donors (Lipinski definition) is 2. The lowest BCUT2D eigenvalue weighted by atomic mass is 10.1. The van der Waals surface area contributed by atoms with Gasteiger partial charge < -0.3 is 15.0 Å². The van der Waals surface area contributed by atoms with Crippen molar-refractivity contribution in [3.8, 4) is 5.75 Å². The molecule has 2 N–H and O–H groups in total. The van der Waals surface area contributed by atoms with Gasteiger partial charge in [0.15, 0.2) is 0 Å². The number of rotatable bonds is 5. The number of piperazine rings is 1. The summed E-state index contributed by atoms with van der Waals surface area (Å²) < 4.78 is 5.12. The summed E-state index contributed by atoms with van der Waals surface area (Å²) in [4.78, 5) is 25.3. The average molecular weight is 291 g/mol. The number of benzene rings is 1.